The van der Waals surface area contributed by atoms with Crippen LogP contribution in [0.3, 0.4) is 0 Å². The number of thioether (sulfide) groups is 2. The number of ketones is 1. The number of amides is 2. The van der Waals surface area contributed by atoms with Gasteiger partial charge in [0.2, 0.25) is 11.1 Å². The molecule has 1 saturated heterocycles. The van der Waals surface area contributed by atoms with E-state index in [1.165, 1.54) is 46.7 Å². The molecule has 3 N–H and O–H groups in total. The van der Waals surface area contributed by atoms with Crippen molar-refractivity contribution < 1.29 is 14.4 Å². The number of hydrogen-bond donors (Lipinski definition) is 2. The van der Waals surface area contributed by atoms with Crippen LogP contribution in [0.2, 0.25) is 0 Å². The van der Waals surface area contributed by atoms with Gasteiger partial charge in [0, 0.05) is 30.4 Å². The fourth-order valence-corrected chi connectivity index (χ4v) is 6.59. The number of nitrogens with two attached hydrogens (primary N) is 1. The third-order valence-corrected chi connectivity index (χ3v) is 8.35. The maximum absolute atomic E-state index is 12.9. The summed E-state index contributed by atoms with van der Waals surface area (Å²) in [5.74, 6) is 0.299. The molecule has 0 bridgehead atoms. The van der Waals surface area contributed by atoms with E-state index < -0.39 is 6.04 Å². The topological polar surface area (TPSA) is 152 Å². The van der Waals surface area contributed by atoms with E-state index in [4.69, 9.17) is 5.73 Å². The van der Waals surface area contributed by atoms with E-state index in [-0.39, 0.29) is 29.4 Å². The first-order valence-electron chi connectivity index (χ1n) is 10.4. The van der Waals surface area contributed by atoms with Crippen LogP contribution >= 0.6 is 34.9 Å². The number of rotatable bonds is 10. The molecule has 0 spiro atoms. The minimum atomic E-state index is -0.671. The second-order valence-corrected chi connectivity index (χ2v) is 11.0. The Morgan fingerprint density at radius 1 is 1.38 bits per heavy atom. The SMILES string of the molecule is CC(=O)C1=C(CSc2nnnn2CCN(C)C)CSC2C(NC(=O)Cc3csc(N)n3)C(=O)N12. The smallest absolute Gasteiger partial charge is 0.253 e. The van der Waals surface area contributed by atoms with Crippen LogP contribution < -0.4 is 11.1 Å². The highest BCUT2D eigenvalue weighted by Gasteiger charge is 2.53. The first-order valence-corrected chi connectivity index (χ1v) is 13.4. The summed E-state index contributed by atoms with van der Waals surface area (Å²) in [5, 5.41) is 17.1. The van der Waals surface area contributed by atoms with E-state index in [9.17, 15) is 14.4 Å². The number of nitrogens with zero attached hydrogens (tertiary/aromatic N) is 7. The molecule has 0 saturated carbocycles. The Labute approximate surface area is 208 Å². The average molecular weight is 524 g/mol. The van der Waals surface area contributed by atoms with Crippen molar-refractivity contribution in [1.82, 2.24) is 40.3 Å². The van der Waals surface area contributed by atoms with Crippen molar-refractivity contribution in [1.29, 1.82) is 0 Å². The summed E-state index contributed by atoms with van der Waals surface area (Å²) in [5.41, 5.74) is 7.44. The van der Waals surface area contributed by atoms with E-state index in [1.807, 2.05) is 19.0 Å². The lowest BCUT2D eigenvalue weighted by atomic mass is 10.0. The minimum absolute atomic E-state index is 0.0503. The zero-order chi connectivity index (χ0) is 24.4. The Kier molecular flexibility index (Phi) is 7.54. The number of carbonyl (C=O) groups is 3. The summed E-state index contributed by atoms with van der Waals surface area (Å²) in [4.78, 5) is 45.4. The first-order chi connectivity index (χ1) is 16.2. The lowest BCUT2D eigenvalue weighted by molar-refractivity contribution is -0.147. The van der Waals surface area contributed by atoms with Crippen molar-refractivity contribution in [3.63, 3.8) is 0 Å². The zero-order valence-electron chi connectivity index (χ0n) is 18.9. The number of likely N-dealkylation sites (N-methyl/N-ethyl adjacent to an activating group) is 1. The van der Waals surface area contributed by atoms with Crippen LogP contribution in [0, 0.1) is 0 Å². The zero-order valence-corrected chi connectivity index (χ0v) is 21.4. The predicted octanol–water partition coefficient (Wildman–Crippen LogP) is -0.149. The third kappa shape index (κ3) is 5.26. The van der Waals surface area contributed by atoms with Gasteiger partial charge in [0.15, 0.2) is 10.9 Å². The van der Waals surface area contributed by atoms with Crippen LogP contribution in [0.15, 0.2) is 21.8 Å². The maximum atomic E-state index is 12.9. The highest BCUT2D eigenvalue weighted by Crippen LogP contribution is 2.41. The number of Topliss-reactive ketones (excluding diaryl/α,β-unsaturated/α-hetero) is 1. The number of carbonyl (C=O) groups excluding carboxylic acids is 3. The Bertz CT molecular complexity index is 1130. The summed E-state index contributed by atoms with van der Waals surface area (Å²) in [7, 11) is 3.96. The predicted molar refractivity (Wildman–Crippen MR) is 130 cm³/mol. The number of nitrogen functional groups attached to an aromatic ring is 1. The van der Waals surface area contributed by atoms with Crippen molar-refractivity contribution in [2.45, 2.75) is 36.5 Å². The fraction of sp³-hybridized carbons (Fsp3) is 0.526. The molecule has 2 aromatic rings. The fourth-order valence-electron chi connectivity index (χ4n) is 3.64. The van der Waals surface area contributed by atoms with Gasteiger partial charge in [-0.05, 0) is 30.1 Å². The number of nitrogens with one attached hydrogen (secondary N) is 1. The molecule has 12 nitrogen and oxygen atoms in total. The largest absolute Gasteiger partial charge is 0.375 e. The number of aromatic nitrogens is 5. The second-order valence-electron chi connectivity index (χ2n) is 8.09. The molecule has 0 aliphatic carbocycles. The summed E-state index contributed by atoms with van der Waals surface area (Å²) in [6.45, 7) is 2.90. The Hall–Kier alpha value is -2.49. The van der Waals surface area contributed by atoms with Gasteiger partial charge >= 0.3 is 0 Å². The van der Waals surface area contributed by atoms with Crippen molar-refractivity contribution >= 4 is 57.6 Å². The number of β-lactam (4-membered cyclic amide) rings is 1. The number of allylic oxidation sites excluding steroid dienone is 1. The minimum Gasteiger partial charge on any atom is -0.375 e. The maximum Gasteiger partial charge on any atom is 0.253 e. The van der Waals surface area contributed by atoms with Gasteiger partial charge in [-0.15, -0.1) is 28.2 Å². The molecular formula is C19H25N9O3S3. The number of anilines is 1. The standard InChI is InChI=1S/C19H25N9O3S3/c1-10(29)15-11(8-34-19-23-24-25-27(19)5-4-26(2)3)7-32-17-14(16(31)28(15)17)22-13(30)6-12-9-33-18(20)21-12/h9,14,17H,4-8H2,1-3H3,(H2,20,21)(H,22,30). The van der Waals surface area contributed by atoms with Crippen molar-refractivity contribution in [3.8, 4) is 0 Å². The molecule has 2 aromatic heterocycles. The van der Waals surface area contributed by atoms with Crippen LogP contribution in [-0.4, -0.2) is 96.2 Å². The Morgan fingerprint density at radius 2 is 2.18 bits per heavy atom. The molecule has 4 heterocycles. The highest BCUT2D eigenvalue weighted by atomic mass is 32.2. The molecule has 182 valence electrons. The molecule has 0 aromatic carbocycles. The summed E-state index contributed by atoms with van der Waals surface area (Å²) in [6, 6.07) is -0.671. The van der Waals surface area contributed by atoms with Crippen LogP contribution in [0.25, 0.3) is 0 Å². The quantitative estimate of drug-likeness (QED) is 0.316. The molecule has 2 aliphatic rings. The van der Waals surface area contributed by atoms with E-state index in [0.717, 1.165) is 12.1 Å². The lowest BCUT2D eigenvalue weighted by Crippen LogP contribution is -2.70. The van der Waals surface area contributed by atoms with E-state index >= 15 is 0 Å². The van der Waals surface area contributed by atoms with Gasteiger partial charge < -0.3 is 16.0 Å². The number of thiazole rings is 1. The van der Waals surface area contributed by atoms with Gasteiger partial charge in [-0.1, -0.05) is 11.8 Å². The second kappa shape index (κ2) is 10.4. The van der Waals surface area contributed by atoms with Gasteiger partial charge in [0.1, 0.15) is 11.4 Å². The first kappa shape index (κ1) is 24.6. The highest BCUT2D eigenvalue weighted by molar-refractivity contribution is 8.01. The van der Waals surface area contributed by atoms with Gasteiger partial charge in [-0.3, -0.25) is 19.3 Å². The van der Waals surface area contributed by atoms with Gasteiger partial charge in [0.05, 0.1) is 24.4 Å². The molecule has 34 heavy (non-hydrogen) atoms. The normalized spacial score (nSPS) is 19.9. The van der Waals surface area contributed by atoms with Crippen molar-refractivity contribution in [2.24, 2.45) is 0 Å². The van der Waals surface area contributed by atoms with Crippen molar-refractivity contribution in [3.05, 3.63) is 22.3 Å². The third-order valence-electron chi connectivity index (χ3n) is 5.24. The molecule has 2 amide bonds. The number of fused-ring (bicyclic) bond motifs is 1. The summed E-state index contributed by atoms with van der Waals surface area (Å²) < 4.78 is 1.73. The van der Waals surface area contributed by atoms with Crippen LogP contribution in [0.1, 0.15) is 12.6 Å². The van der Waals surface area contributed by atoms with E-state index in [2.05, 4.69) is 25.8 Å². The van der Waals surface area contributed by atoms with Gasteiger partial charge in [-0.25, -0.2) is 9.67 Å². The van der Waals surface area contributed by atoms with Gasteiger partial charge in [0.25, 0.3) is 5.91 Å². The molecule has 4 rings (SSSR count). The monoisotopic (exact) mass is 523 g/mol. The molecule has 2 aliphatic heterocycles. The summed E-state index contributed by atoms with van der Waals surface area (Å²) in [6.07, 6.45) is 0.0503. The van der Waals surface area contributed by atoms with Crippen LogP contribution in [0.4, 0.5) is 5.13 Å². The van der Waals surface area contributed by atoms with E-state index in [0.29, 0.717) is 39.7 Å². The molecule has 15 heteroatoms. The van der Waals surface area contributed by atoms with Gasteiger partial charge in [-0.2, -0.15) is 0 Å². The summed E-state index contributed by atoms with van der Waals surface area (Å²) >= 11 is 4.23. The average Bonchev–Trinajstić information content (AvgIpc) is 3.41. The number of tetrazole rings is 1. The Morgan fingerprint density at radius 3 is 2.85 bits per heavy atom. The van der Waals surface area contributed by atoms with Crippen LogP contribution in [0.5, 0.6) is 0 Å². The Balaban J connectivity index is 1.41. The van der Waals surface area contributed by atoms with Crippen LogP contribution in [-0.2, 0) is 27.3 Å². The van der Waals surface area contributed by atoms with Crippen molar-refractivity contribution in [2.75, 3.05) is 37.9 Å². The molecule has 2 unspecified atom stereocenters. The molecule has 2 atom stereocenters. The molecule has 1 fully saturated rings. The number of hydrogen-bond acceptors (Lipinski definition) is 12. The molecule has 0 radical (unpaired) electrons. The molecular weight excluding hydrogens is 498 g/mol. The lowest BCUT2D eigenvalue weighted by Gasteiger charge is -2.50. The van der Waals surface area contributed by atoms with E-state index in [1.54, 1.807) is 10.1 Å².